The normalized spacial score (nSPS) is 12.2. The van der Waals surface area contributed by atoms with Crippen LogP contribution in [-0.4, -0.2) is 27.0 Å². The summed E-state index contributed by atoms with van der Waals surface area (Å²) in [6.07, 6.45) is 0.217. The molecule has 6 nitrogen and oxygen atoms in total. The zero-order valence-electron chi connectivity index (χ0n) is 17.5. The van der Waals surface area contributed by atoms with Gasteiger partial charge in [0.2, 0.25) is 15.9 Å². The Morgan fingerprint density at radius 2 is 1.68 bits per heavy atom. The van der Waals surface area contributed by atoms with Crippen molar-refractivity contribution in [3.05, 3.63) is 90.0 Å². The molecule has 31 heavy (non-hydrogen) atoms. The number of carbonyl (C=O) groups is 1. The summed E-state index contributed by atoms with van der Waals surface area (Å²) in [6, 6.07) is 21.8. The Bertz CT molecular complexity index is 1110. The number of aryl methyl sites for hydroxylation is 1. The Balaban J connectivity index is 1.83. The summed E-state index contributed by atoms with van der Waals surface area (Å²) in [5.41, 5.74) is 2.46. The molecule has 3 aromatic rings. The molecule has 162 valence electrons. The largest absolute Gasteiger partial charge is 0.494 e. The summed E-state index contributed by atoms with van der Waals surface area (Å²) in [7, 11) is -3.92. The predicted molar refractivity (Wildman–Crippen MR) is 122 cm³/mol. The standard InChI is InChI=1S/C24H26N2O4S/c1-3-30-21-12-14-22(15-13-21)31(28,29)26-23(17-19-9-5-4-6-10-19)24(27)25-20-11-7-8-18(2)16-20/h4-16,23,26H,3,17H2,1-2H3,(H,25,27). The van der Waals surface area contributed by atoms with Crippen LogP contribution in [0.3, 0.4) is 0 Å². The highest BCUT2D eigenvalue weighted by Gasteiger charge is 2.26. The molecule has 0 saturated carbocycles. The van der Waals surface area contributed by atoms with Gasteiger partial charge in [0, 0.05) is 5.69 Å². The number of carbonyl (C=O) groups excluding carboxylic acids is 1. The zero-order valence-corrected chi connectivity index (χ0v) is 18.4. The van der Waals surface area contributed by atoms with Gasteiger partial charge in [0.05, 0.1) is 11.5 Å². The average Bonchev–Trinajstić information content (AvgIpc) is 2.74. The van der Waals surface area contributed by atoms with Crippen LogP contribution < -0.4 is 14.8 Å². The lowest BCUT2D eigenvalue weighted by Crippen LogP contribution is -2.45. The van der Waals surface area contributed by atoms with Crippen molar-refractivity contribution in [3.8, 4) is 5.75 Å². The summed E-state index contributed by atoms with van der Waals surface area (Å²) in [5, 5.41) is 2.82. The van der Waals surface area contributed by atoms with Gasteiger partial charge in [0.25, 0.3) is 0 Å². The molecule has 0 spiro atoms. The SMILES string of the molecule is CCOc1ccc(S(=O)(=O)NC(Cc2ccccc2)C(=O)Nc2cccc(C)c2)cc1. The molecule has 0 aromatic heterocycles. The van der Waals surface area contributed by atoms with E-state index in [0.29, 0.717) is 18.0 Å². The summed E-state index contributed by atoms with van der Waals surface area (Å²) in [4.78, 5) is 13.1. The van der Waals surface area contributed by atoms with Crippen molar-refractivity contribution in [1.29, 1.82) is 0 Å². The highest BCUT2D eigenvalue weighted by molar-refractivity contribution is 7.89. The minimum Gasteiger partial charge on any atom is -0.494 e. The second-order valence-corrected chi connectivity index (χ2v) is 8.84. The fourth-order valence-corrected chi connectivity index (χ4v) is 4.32. The summed E-state index contributed by atoms with van der Waals surface area (Å²) in [6.45, 7) is 4.27. The van der Waals surface area contributed by atoms with Crippen LogP contribution in [0.1, 0.15) is 18.1 Å². The zero-order chi connectivity index (χ0) is 22.3. The minimum atomic E-state index is -3.92. The smallest absolute Gasteiger partial charge is 0.242 e. The third-order valence-corrected chi connectivity index (χ3v) is 6.11. The van der Waals surface area contributed by atoms with Crippen LogP contribution in [0.2, 0.25) is 0 Å². The number of amides is 1. The Hall–Kier alpha value is -3.16. The highest BCUT2D eigenvalue weighted by atomic mass is 32.2. The molecule has 1 unspecified atom stereocenters. The first kappa shape index (κ1) is 22.5. The van der Waals surface area contributed by atoms with E-state index in [0.717, 1.165) is 11.1 Å². The van der Waals surface area contributed by atoms with Gasteiger partial charge in [0.1, 0.15) is 11.8 Å². The second-order valence-electron chi connectivity index (χ2n) is 7.13. The maximum absolute atomic E-state index is 13.0. The Labute approximate surface area is 183 Å². The Kier molecular flexibility index (Phi) is 7.44. The molecule has 3 aromatic carbocycles. The van der Waals surface area contributed by atoms with Crippen LogP contribution in [0.15, 0.2) is 83.8 Å². The van der Waals surface area contributed by atoms with E-state index >= 15 is 0 Å². The molecule has 0 radical (unpaired) electrons. The van der Waals surface area contributed by atoms with Gasteiger partial charge in [-0.15, -0.1) is 0 Å². The van der Waals surface area contributed by atoms with Crippen LogP contribution in [0, 0.1) is 6.92 Å². The van der Waals surface area contributed by atoms with Gasteiger partial charge in [0.15, 0.2) is 0 Å². The minimum absolute atomic E-state index is 0.0670. The number of benzene rings is 3. The van der Waals surface area contributed by atoms with Crippen LogP contribution in [0.25, 0.3) is 0 Å². The van der Waals surface area contributed by atoms with Gasteiger partial charge in [-0.3, -0.25) is 4.79 Å². The number of anilines is 1. The van der Waals surface area contributed by atoms with Crippen molar-refractivity contribution in [2.75, 3.05) is 11.9 Å². The molecule has 1 atom stereocenters. The number of rotatable bonds is 9. The van der Waals surface area contributed by atoms with Crippen LogP contribution in [-0.2, 0) is 21.2 Å². The van der Waals surface area contributed by atoms with Gasteiger partial charge < -0.3 is 10.1 Å². The van der Waals surface area contributed by atoms with Crippen molar-refractivity contribution < 1.29 is 17.9 Å². The molecule has 0 aliphatic heterocycles. The van der Waals surface area contributed by atoms with Crippen molar-refractivity contribution in [1.82, 2.24) is 4.72 Å². The third kappa shape index (κ3) is 6.41. The number of sulfonamides is 1. The number of hydrogen-bond donors (Lipinski definition) is 2. The van der Waals surface area contributed by atoms with Gasteiger partial charge >= 0.3 is 0 Å². The van der Waals surface area contributed by atoms with Gasteiger partial charge in [-0.2, -0.15) is 4.72 Å². The molecule has 2 N–H and O–H groups in total. The lowest BCUT2D eigenvalue weighted by atomic mass is 10.1. The van der Waals surface area contributed by atoms with Crippen LogP contribution >= 0.6 is 0 Å². The van der Waals surface area contributed by atoms with E-state index in [4.69, 9.17) is 4.74 Å². The monoisotopic (exact) mass is 438 g/mol. The maximum atomic E-state index is 13.0. The quantitative estimate of drug-likeness (QED) is 0.530. The molecule has 3 rings (SSSR count). The third-order valence-electron chi connectivity index (χ3n) is 4.63. The lowest BCUT2D eigenvalue weighted by Gasteiger charge is -2.19. The fourth-order valence-electron chi connectivity index (χ4n) is 3.13. The second kappa shape index (κ2) is 10.2. The predicted octanol–water partition coefficient (Wildman–Crippen LogP) is 3.92. The first-order valence-electron chi connectivity index (χ1n) is 10.0. The molecule has 7 heteroatoms. The van der Waals surface area contributed by atoms with Crippen LogP contribution in [0.5, 0.6) is 5.75 Å². The molecule has 0 fully saturated rings. The first-order valence-corrected chi connectivity index (χ1v) is 11.5. The summed E-state index contributed by atoms with van der Waals surface area (Å²) >= 11 is 0. The topological polar surface area (TPSA) is 84.5 Å². The van der Waals surface area contributed by atoms with Crippen molar-refractivity contribution in [2.45, 2.75) is 31.2 Å². The van der Waals surface area contributed by atoms with E-state index in [1.807, 2.05) is 62.4 Å². The molecular weight excluding hydrogens is 412 g/mol. The van der Waals surface area contributed by atoms with E-state index in [1.165, 1.54) is 12.1 Å². The lowest BCUT2D eigenvalue weighted by molar-refractivity contribution is -0.117. The van der Waals surface area contributed by atoms with Gasteiger partial charge in [-0.1, -0.05) is 42.5 Å². The molecule has 0 aliphatic carbocycles. The molecule has 0 saturated heterocycles. The van der Waals surface area contributed by atoms with E-state index in [9.17, 15) is 13.2 Å². The van der Waals surface area contributed by atoms with E-state index in [-0.39, 0.29) is 11.3 Å². The fraction of sp³-hybridized carbons (Fsp3) is 0.208. The number of ether oxygens (including phenoxy) is 1. The van der Waals surface area contributed by atoms with Crippen molar-refractivity contribution in [2.24, 2.45) is 0 Å². The first-order chi connectivity index (χ1) is 14.9. The molecule has 0 aliphatic rings. The average molecular weight is 439 g/mol. The summed E-state index contributed by atoms with van der Waals surface area (Å²) in [5.74, 6) is 0.156. The van der Waals surface area contributed by atoms with Crippen LogP contribution in [0.4, 0.5) is 5.69 Å². The van der Waals surface area contributed by atoms with E-state index in [2.05, 4.69) is 10.0 Å². The Morgan fingerprint density at radius 3 is 2.32 bits per heavy atom. The molecule has 1 amide bonds. The molecule has 0 heterocycles. The van der Waals surface area contributed by atoms with E-state index in [1.54, 1.807) is 18.2 Å². The molecule has 0 bridgehead atoms. The molecular formula is C24H26N2O4S. The van der Waals surface area contributed by atoms with E-state index < -0.39 is 22.0 Å². The number of hydrogen-bond acceptors (Lipinski definition) is 4. The highest BCUT2D eigenvalue weighted by Crippen LogP contribution is 2.18. The summed E-state index contributed by atoms with van der Waals surface area (Å²) < 4.78 is 33.9. The number of nitrogens with one attached hydrogen (secondary N) is 2. The van der Waals surface area contributed by atoms with Gasteiger partial charge in [-0.05, 0) is 67.8 Å². The Morgan fingerprint density at radius 1 is 0.968 bits per heavy atom. The van der Waals surface area contributed by atoms with Crippen molar-refractivity contribution in [3.63, 3.8) is 0 Å². The van der Waals surface area contributed by atoms with Gasteiger partial charge in [-0.25, -0.2) is 8.42 Å². The van der Waals surface area contributed by atoms with Crippen molar-refractivity contribution >= 4 is 21.6 Å². The maximum Gasteiger partial charge on any atom is 0.242 e.